The van der Waals surface area contributed by atoms with Crippen molar-refractivity contribution in [2.75, 3.05) is 19.4 Å². The minimum Gasteiger partial charge on any atom is -0.366 e. The predicted octanol–water partition coefficient (Wildman–Crippen LogP) is 1.88. The number of halogens is 1. The molecule has 0 bridgehead atoms. The molecule has 0 radical (unpaired) electrons. The molecule has 0 fully saturated rings. The topological polar surface area (TPSA) is 73.9 Å². The lowest BCUT2D eigenvalue weighted by atomic mass is 10.2. The van der Waals surface area contributed by atoms with Crippen LogP contribution >= 0.6 is 15.9 Å². The first-order chi connectivity index (χ1) is 9.08. The number of hydrogen-bond donors (Lipinski definition) is 2. The number of rotatable bonds is 4. The monoisotopic (exact) mass is 323 g/mol. The van der Waals surface area contributed by atoms with E-state index in [1.54, 1.807) is 26.5 Å². The average Bonchev–Trinajstić information content (AvgIpc) is 2.83. The average molecular weight is 324 g/mol. The molecular weight excluding hydrogens is 310 g/mol. The van der Waals surface area contributed by atoms with E-state index in [4.69, 9.17) is 0 Å². The van der Waals surface area contributed by atoms with Gasteiger partial charge in [0.1, 0.15) is 11.4 Å². The Morgan fingerprint density at radius 1 is 1.42 bits per heavy atom. The van der Waals surface area contributed by atoms with Crippen LogP contribution in [0.5, 0.6) is 0 Å². The van der Waals surface area contributed by atoms with E-state index in [0.29, 0.717) is 17.9 Å². The van der Waals surface area contributed by atoms with Gasteiger partial charge >= 0.3 is 0 Å². The third kappa shape index (κ3) is 3.31. The largest absolute Gasteiger partial charge is 0.366 e. The molecule has 0 atom stereocenters. The zero-order valence-corrected chi connectivity index (χ0v) is 12.2. The summed E-state index contributed by atoms with van der Waals surface area (Å²) < 4.78 is 0.918. The number of aromatic nitrogens is 3. The van der Waals surface area contributed by atoms with Crippen LogP contribution < -0.4 is 5.32 Å². The van der Waals surface area contributed by atoms with E-state index in [1.165, 1.54) is 11.1 Å². The van der Waals surface area contributed by atoms with E-state index in [-0.39, 0.29) is 5.91 Å². The van der Waals surface area contributed by atoms with Gasteiger partial charge in [0.25, 0.3) is 5.91 Å². The molecule has 1 amide bonds. The van der Waals surface area contributed by atoms with E-state index >= 15 is 0 Å². The molecular formula is C12H14BrN5O. The standard InChI is InChI=1S/C12H14BrN5O/c1-18(2)12(19)10-7-16-17-11(10)15-5-8-3-9(13)6-14-4-8/h3-4,6-7H,5H2,1-2H3,(H2,15,16,17). The first-order valence-corrected chi connectivity index (χ1v) is 6.45. The van der Waals surface area contributed by atoms with Crippen molar-refractivity contribution in [1.29, 1.82) is 0 Å². The number of carbonyl (C=O) groups is 1. The summed E-state index contributed by atoms with van der Waals surface area (Å²) in [7, 11) is 3.41. The molecule has 2 aromatic rings. The lowest BCUT2D eigenvalue weighted by Crippen LogP contribution is -2.22. The quantitative estimate of drug-likeness (QED) is 0.901. The molecule has 0 spiro atoms. The second-order valence-electron chi connectivity index (χ2n) is 4.22. The van der Waals surface area contributed by atoms with Gasteiger partial charge in [0.15, 0.2) is 0 Å². The molecule has 0 aliphatic heterocycles. The van der Waals surface area contributed by atoms with Gasteiger partial charge in [0, 0.05) is 37.5 Å². The second-order valence-corrected chi connectivity index (χ2v) is 5.14. The van der Waals surface area contributed by atoms with Crippen molar-refractivity contribution in [2.24, 2.45) is 0 Å². The van der Waals surface area contributed by atoms with Gasteiger partial charge < -0.3 is 10.2 Å². The minimum atomic E-state index is -0.0939. The van der Waals surface area contributed by atoms with Gasteiger partial charge in [0.2, 0.25) is 0 Å². The highest BCUT2D eigenvalue weighted by Gasteiger charge is 2.15. The first-order valence-electron chi connectivity index (χ1n) is 5.66. The third-order valence-corrected chi connectivity index (χ3v) is 2.94. The summed E-state index contributed by atoms with van der Waals surface area (Å²) >= 11 is 3.37. The second kappa shape index (κ2) is 5.83. The molecule has 0 aliphatic rings. The Labute approximate surface area is 119 Å². The Morgan fingerprint density at radius 3 is 2.89 bits per heavy atom. The molecule has 6 nitrogen and oxygen atoms in total. The maximum absolute atomic E-state index is 11.9. The molecule has 19 heavy (non-hydrogen) atoms. The van der Waals surface area contributed by atoms with Crippen molar-refractivity contribution in [2.45, 2.75) is 6.54 Å². The summed E-state index contributed by atoms with van der Waals surface area (Å²) in [6.45, 7) is 0.558. The fourth-order valence-corrected chi connectivity index (χ4v) is 1.98. The number of H-pyrrole nitrogens is 1. The summed E-state index contributed by atoms with van der Waals surface area (Å²) in [5, 5.41) is 9.83. The smallest absolute Gasteiger partial charge is 0.258 e. The highest BCUT2D eigenvalue weighted by atomic mass is 79.9. The van der Waals surface area contributed by atoms with Gasteiger partial charge in [-0.2, -0.15) is 5.10 Å². The number of carbonyl (C=O) groups excluding carboxylic acids is 1. The van der Waals surface area contributed by atoms with Crippen LogP contribution in [0.1, 0.15) is 15.9 Å². The zero-order chi connectivity index (χ0) is 13.8. The van der Waals surface area contributed by atoms with Crippen molar-refractivity contribution in [3.63, 3.8) is 0 Å². The summed E-state index contributed by atoms with van der Waals surface area (Å²) in [6, 6.07) is 1.96. The fraction of sp³-hybridized carbons (Fsp3) is 0.250. The predicted molar refractivity (Wildman–Crippen MR) is 75.9 cm³/mol. The summed E-state index contributed by atoms with van der Waals surface area (Å²) in [4.78, 5) is 17.5. The molecule has 0 aliphatic carbocycles. The number of anilines is 1. The maximum atomic E-state index is 11.9. The van der Waals surface area contributed by atoms with E-state index in [2.05, 4.69) is 36.4 Å². The van der Waals surface area contributed by atoms with Gasteiger partial charge in [-0.15, -0.1) is 0 Å². The number of pyridine rings is 1. The molecule has 2 aromatic heterocycles. The summed E-state index contributed by atoms with van der Waals surface area (Å²) in [6.07, 6.45) is 5.01. The molecule has 0 saturated carbocycles. The normalized spacial score (nSPS) is 10.3. The molecule has 7 heteroatoms. The summed E-state index contributed by atoms with van der Waals surface area (Å²) in [5.74, 6) is 0.516. The maximum Gasteiger partial charge on any atom is 0.258 e. The lowest BCUT2D eigenvalue weighted by Gasteiger charge is -2.11. The third-order valence-electron chi connectivity index (χ3n) is 2.51. The molecule has 2 heterocycles. The minimum absolute atomic E-state index is 0.0939. The fourth-order valence-electron chi connectivity index (χ4n) is 1.57. The van der Waals surface area contributed by atoms with Crippen LogP contribution in [0.3, 0.4) is 0 Å². The van der Waals surface area contributed by atoms with Gasteiger partial charge in [-0.3, -0.25) is 14.9 Å². The van der Waals surface area contributed by atoms with Crippen LogP contribution in [0.25, 0.3) is 0 Å². The molecule has 0 unspecified atom stereocenters. The highest BCUT2D eigenvalue weighted by molar-refractivity contribution is 9.10. The van der Waals surface area contributed by atoms with Crippen LogP contribution in [-0.4, -0.2) is 40.1 Å². The van der Waals surface area contributed by atoms with Crippen molar-refractivity contribution in [3.8, 4) is 0 Å². The summed E-state index contributed by atoms with van der Waals surface area (Å²) in [5.41, 5.74) is 1.53. The van der Waals surface area contributed by atoms with Crippen molar-refractivity contribution < 1.29 is 4.79 Å². The van der Waals surface area contributed by atoms with Gasteiger partial charge in [-0.05, 0) is 27.6 Å². The van der Waals surface area contributed by atoms with E-state index < -0.39 is 0 Å². The zero-order valence-electron chi connectivity index (χ0n) is 10.6. The number of nitrogens with zero attached hydrogens (tertiary/aromatic N) is 3. The Bertz CT molecular complexity index is 581. The highest BCUT2D eigenvalue weighted by Crippen LogP contribution is 2.15. The van der Waals surface area contributed by atoms with Crippen LogP contribution in [-0.2, 0) is 6.54 Å². The van der Waals surface area contributed by atoms with E-state index in [0.717, 1.165) is 10.0 Å². The van der Waals surface area contributed by atoms with Gasteiger partial charge in [-0.25, -0.2) is 0 Å². The molecule has 0 saturated heterocycles. The van der Waals surface area contributed by atoms with E-state index in [1.807, 2.05) is 6.07 Å². The van der Waals surface area contributed by atoms with Crippen LogP contribution in [0.2, 0.25) is 0 Å². The Kier molecular flexibility index (Phi) is 4.16. The van der Waals surface area contributed by atoms with Crippen LogP contribution in [0.4, 0.5) is 5.82 Å². The Morgan fingerprint density at radius 2 is 2.21 bits per heavy atom. The molecule has 2 N–H and O–H groups in total. The first kappa shape index (κ1) is 13.5. The van der Waals surface area contributed by atoms with Crippen LogP contribution in [0.15, 0.2) is 29.1 Å². The number of nitrogens with one attached hydrogen (secondary N) is 2. The van der Waals surface area contributed by atoms with Crippen molar-refractivity contribution >= 4 is 27.7 Å². The van der Waals surface area contributed by atoms with Crippen molar-refractivity contribution in [1.82, 2.24) is 20.1 Å². The SMILES string of the molecule is CN(C)C(=O)c1cn[nH]c1NCc1cncc(Br)c1. The van der Waals surface area contributed by atoms with Crippen LogP contribution in [0, 0.1) is 0 Å². The van der Waals surface area contributed by atoms with Crippen molar-refractivity contribution in [3.05, 3.63) is 40.3 Å². The number of amides is 1. The lowest BCUT2D eigenvalue weighted by molar-refractivity contribution is 0.0828. The van der Waals surface area contributed by atoms with E-state index in [9.17, 15) is 4.79 Å². The number of aromatic amines is 1. The number of hydrogen-bond acceptors (Lipinski definition) is 4. The van der Waals surface area contributed by atoms with Gasteiger partial charge in [-0.1, -0.05) is 0 Å². The molecule has 100 valence electrons. The molecule has 0 aromatic carbocycles. The van der Waals surface area contributed by atoms with Gasteiger partial charge in [0.05, 0.1) is 6.20 Å². The molecule has 2 rings (SSSR count). The Balaban J connectivity index is 2.08. The Hall–Kier alpha value is -1.89.